The molecule has 1 atom stereocenters. The zero-order chi connectivity index (χ0) is 16.3. The molecule has 1 saturated heterocycles. The summed E-state index contributed by atoms with van der Waals surface area (Å²) in [5.74, 6) is -0.104. The SMILES string of the molecule is CC[C@H](C(=O)OC(C)(C)C)N1CCN(S(=O)(=O)CC)CC1. The number of nitrogens with zero attached hydrogens (tertiary/aromatic N) is 2. The predicted octanol–water partition coefficient (Wildman–Crippen LogP) is 1.07. The molecule has 1 aliphatic heterocycles. The minimum absolute atomic E-state index is 0.121. The Bertz CT molecular complexity index is 448. The lowest BCUT2D eigenvalue weighted by atomic mass is 10.1. The van der Waals surface area contributed by atoms with Gasteiger partial charge in [0.2, 0.25) is 10.0 Å². The maximum absolute atomic E-state index is 12.2. The van der Waals surface area contributed by atoms with Crippen LogP contribution in [0.25, 0.3) is 0 Å². The van der Waals surface area contributed by atoms with Crippen LogP contribution in [0.3, 0.4) is 0 Å². The van der Waals surface area contributed by atoms with Crippen molar-refractivity contribution in [3.8, 4) is 0 Å². The smallest absolute Gasteiger partial charge is 0.323 e. The summed E-state index contributed by atoms with van der Waals surface area (Å²) in [5, 5.41) is 0. The van der Waals surface area contributed by atoms with E-state index in [4.69, 9.17) is 4.74 Å². The van der Waals surface area contributed by atoms with Gasteiger partial charge in [0, 0.05) is 26.2 Å². The number of esters is 1. The standard InChI is InChI=1S/C14H28N2O4S/c1-6-12(13(17)20-14(3,4)5)15-8-10-16(11-9-15)21(18,19)7-2/h12H,6-11H2,1-5H3/t12-/m1/s1. The summed E-state index contributed by atoms with van der Waals surface area (Å²) in [6.07, 6.45) is 0.662. The molecule has 0 radical (unpaired) electrons. The van der Waals surface area contributed by atoms with Crippen LogP contribution in [0.5, 0.6) is 0 Å². The Hall–Kier alpha value is -0.660. The third kappa shape index (κ3) is 5.23. The molecule has 0 N–H and O–H groups in total. The first-order valence-electron chi connectivity index (χ1n) is 7.55. The largest absolute Gasteiger partial charge is 0.459 e. The lowest BCUT2D eigenvalue weighted by molar-refractivity contribution is -0.162. The van der Waals surface area contributed by atoms with Crippen LogP contribution in [-0.4, -0.2) is 67.2 Å². The normalized spacial score (nSPS) is 20.2. The Labute approximate surface area is 128 Å². The highest BCUT2D eigenvalue weighted by atomic mass is 32.2. The zero-order valence-corrected chi connectivity index (χ0v) is 14.6. The Morgan fingerprint density at radius 3 is 2.05 bits per heavy atom. The first-order valence-corrected chi connectivity index (χ1v) is 9.16. The Kier molecular flexibility index (Phi) is 6.19. The molecule has 7 heteroatoms. The number of sulfonamides is 1. The Morgan fingerprint density at radius 1 is 1.14 bits per heavy atom. The molecule has 21 heavy (non-hydrogen) atoms. The van der Waals surface area contributed by atoms with Crippen LogP contribution in [0.2, 0.25) is 0 Å². The molecule has 6 nitrogen and oxygen atoms in total. The maximum Gasteiger partial charge on any atom is 0.323 e. The summed E-state index contributed by atoms with van der Waals surface area (Å²) in [6, 6.07) is -0.296. The first kappa shape index (κ1) is 18.4. The molecular formula is C14H28N2O4S. The van der Waals surface area contributed by atoms with Crippen molar-refractivity contribution in [1.29, 1.82) is 0 Å². The van der Waals surface area contributed by atoms with E-state index in [2.05, 4.69) is 0 Å². The van der Waals surface area contributed by atoms with E-state index >= 15 is 0 Å². The third-order valence-electron chi connectivity index (χ3n) is 3.54. The molecule has 0 aromatic carbocycles. The van der Waals surface area contributed by atoms with Crippen molar-refractivity contribution in [2.75, 3.05) is 31.9 Å². The molecule has 1 fully saturated rings. The quantitative estimate of drug-likeness (QED) is 0.709. The van der Waals surface area contributed by atoms with Gasteiger partial charge in [-0.15, -0.1) is 0 Å². The van der Waals surface area contributed by atoms with E-state index in [1.165, 1.54) is 4.31 Å². The minimum atomic E-state index is -3.14. The average molecular weight is 320 g/mol. The number of carbonyl (C=O) groups excluding carboxylic acids is 1. The number of rotatable bonds is 5. The van der Waals surface area contributed by atoms with Gasteiger partial charge in [-0.05, 0) is 34.1 Å². The fraction of sp³-hybridized carbons (Fsp3) is 0.929. The van der Waals surface area contributed by atoms with Gasteiger partial charge in [0.25, 0.3) is 0 Å². The first-order chi connectivity index (χ1) is 9.60. The van der Waals surface area contributed by atoms with Gasteiger partial charge in [-0.3, -0.25) is 9.69 Å². The van der Waals surface area contributed by atoms with Gasteiger partial charge in [-0.25, -0.2) is 8.42 Å². The average Bonchev–Trinajstić information content (AvgIpc) is 2.38. The number of hydrogen-bond donors (Lipinski definition) is 0. The van der Waals surface area contributed by atoms with Gasteiger partial charge in [0.1, 0.15) is 11.6 Å². The third-order valence-corrected chi connectivity index (χ3v) is 5.42. The van der Waals surface area contributed by atoms with Gasteiger partial charge in [0.05, 0.1) is 5.75 Å². The topological polar surface area (TPSA) is 66.9 Å². The molecule has 1 aliphatic rings. The second-order valence-corrected chi connectivity index (χ2v) is 8.55. The van der Waals surface area contributed by atoms with Gasteiger partial charge >= 0.3 is 5.97 Å². The van der Waals surface area contributed by atoms with E-state index in [0.29, 0.717) is 32.6 Å². The molecule has 0 aromatic rings. The van der Waals surface area contributed by atoms with Crippen molar-refractivity contribution in [2.24, 2.45) is 0 Å². The second-order valence-electron chi connectivity index (χ2n) is 6.29. The summed E-state index contributed by atoms with van der Waals surface area (Å²) in [6.45, 7) is 11.2. The molecular weight excluding hydrogens is 292 g/mol. The molecule has 124 valence electrons. The van der Waals surface area contributed by atoms with Crippen molar-refractivity contribution in [3.05, 3.63) is 0 Å². The predicted molar refractivity (Wildman–Crippen MR) is 82.5 cm³/mol. The van der Waals surface area contributed by atoms with Gasteiger partial charge in [-0.2, -0.15) is 4.31 Å². The van der Waals surface area contributed by atoms with E-state index in [1.54, 1.807) is 6.92 Å². The highest BCUT2D eigenvalue weighted by Crippen LogP contribution is 2.16. The van der Waals surface area contributed by atoms with Crippen molar-refractivity contribution in [2.45, 2.75) is 52.7 Å². The van der Waals surface area contributed by atoms with E-state index in [9.17, 15) is 13.2 Å². The maximum atomic E-state index is 12.2. The molecule has 0 aliphatic carbocycles. The Morgan fingerprint density at radius 2 is 1.67 bits per heavy atom. The highest BCUT2D eigenvalue weighted by molar-refractivity contribution is 7.89. The number of hydrogen-bond acceptors (Lipinski definition) is 5. The van der Waals surface area contributed by atoms with Crippen molar-refractivity contribution in [1.82, 2.24) is 9.21 Å². The molecule has 0 saturated carbocycles. The van der Waals surface area contributed by atoms with Crippen molar-refractivity contribution in [3.63, 3.8) is 0 Å². The molecule has 1 rings (SSSR count). The summed E-state index contributed by atoms with van der Waals surface area (Å²) in [7, 11) is -3.14. The lowest BCUT2D eigenvalue weighted by Gasteiger charge is -2.38. The monoisotopic (exact) mass is 320 g/mol. The summed E-state index contributed by atoms with van der Waals surface area (Å²) in [5.41, 5.74) is -0.502. The van der Waals surface area contributed by atoms with E-state index in [-0.39, 0.29) is 17.8 Å². The lowest BCUT2D eigenvalue weighted by Crippen LogP contribution is -2.54. The molecule has 0 aromatic heterocycles. The molecule has 0 amide bonds. The zero-order valence-electron chi connectivity index (χ0n) is 13.8. The van der Waals surface area contributed by atoms with E-state index in [1.807, 2.05) is 32.6 Å². The van der Waals surface area contributed by atoms with Gasteiger partial charge in [-0.1, -0.05) is 6.92 Å². The fourth-order valence-electron chi connectivity index (χ4n) is 2.42. The summed E-state index contributed by atoms with van der Waals surface area (Å²) >= 11 is 0. The molecule has 0 bridgehead atoms. The van der Waals surface area contributed by atoms with Crippen LogP contribution in [0, 0.1) is 0 Å². The van der Waals surface area contributed by atoms with Crippen LogP contribution in [-0.2, 0) is 19.6 Å². The van der Waals surface area contributed by atoms with Crippen LogP contribution in [0.1, 0.15) is 41.0 Å². The van der Waals surface area contributed by atoms with Crippen LogP contribution >= 0.6 is 0 Å². The summed E-state index contributed by atoms with van der Waals surface area (Å²) < 4.78 is 30.6. The molecule has 0 unspecified atom stereocenters. The fourth-order valence-corrected chi connectivity index (χ4v) is 3.50. The molecule has 0 spiro atoms. The Balaban J connectivity index is 2.64. The highest BCUT2D eigenvalue weighted by Gasteiger charge is 2.33. The number of piperazine rings is 1. The van der Waals surface area contributed by atoms with E-state index < -0.39 is 15.6 Å². The van der Waals surface area contributed by atoms with Crippen molar-refractivity contribution < 1.29 is 17.9 Å². The van der Waals surface area contributed by atoms with Crippen LogP contribution in [0.15, 0.2) is 0 Å². The second kappa shape index (κ2) is 7.07. The van der Waals surface area contributed by atoms with E-state index in [0.717, 1.165) is 0 Å². The summed E-state index contributed by atoms with van der Waals surface area (Å²) in [4.78, 5) is 14.3. The van der Waals surface area contributed by atoms with Gasteiger partial charge < -0.3 is 4.74 Å². The molecule has 1 heterocycles. The number of ether oxygens (including phenoxy) is 1. The van der Waals surface area contributed by atoms with Crippen molar-refractivity contribution >= 4 is 16.0 Å². The number of carbonyl (C=O) groups is 1. The van der Waals surface area contributed by atoms with Gasteiger partial charge in [0.15, 0.2) is 0 Å². The van der Waals surface area contributed by atoms with Crippen LogP contribution in [0.4, 0.5) is 0 Å². The minimum Gasteiger partial charge on any atom is -0.459 e. The van der Waals surface area contributed by atoms with Crippen LogP contribution < -0.4 is 0 Å².